The minimum atomic E-state index is 0.234. The van der Waals surface area contributed by atoms with Crippen molar-refractivity contribution >= 4 is 5.91 Å². The summed E-state index contributed by atoms with van der Waals surface area (Å²) in [5, 5.41) is 4.10. The van der Waals surface area contributed by atoms with Crippen LogP contribution in [-0.2, 0) is 11.5 Å². The fourth-order valence-electron chi connectivity index (χ4n) is 1.47. The quantitative estimate of drug-likeness (QED) is 0.595. The first-order valence-corrected chi connectivity index (χ1v) is 4.45. The second kappa shape index (κ2) is 3.51. The molecule has 13 heavy (non-hydrogen) atoms. The van der Waals surface area contributed by atoms with Crippen LogP contribution in [0.25, 0.3) is 0 Å². The van der Waals surface area contributed by atoms with Crippen molar-refractivity contribution in [2.45, 2.75) is 19.5 Å². The molecule has 0 radical (unpaired) electrons. The smallest absolute Gasteiger partial charge is 0.252 e. The van der Waals surface area contributed by atoms with Gasteiger partial charge in [-0.05, 0) is 17.6 Å². The SMILES string of the molecule is O=C1CCCN1C[n+]1ccccn1. The van der Waals surface area contributed by atoms with Crippen LogP contribution >= 0.6 is 0 Å². The van der Waals surface area contributed by atoms with Gasteiger partial charge in [0.1, 0.15) is 0 Å². The summed E-state index contributed by atoms with van der Waals surface area (Å²) in [6.07, 6.45) is 5.26. The summed E-state index contributed by atoms with van der Waals surface area (Å²) in [4.78, 5) is 13.1. The summed E-state index contributed by atoms with van der Waals surface area (Å²) in [6.45, 7) is 1.45. The van der Waals surface area contributed by atoms with Crippen molar-refractivity contribution in [2.24, 2.45) is 0 Å². The minimum Gasteiger partial charge on any atom is -0.285 e. The van der Waals surface area contributed by atoms with Gasteiger partial charge in [-0.3, -0.25) is 9.69 Å². The Morgan fingerprint density at radius 3 is 3.08 bits per heavy atom. The van der Waals surface area contributed by atoms with E-state index >= 15 is 0 Å². The number of carbonyl (C=O) groups is 1. The Bertz CT molecular complexity index is 299. The van der Waals surface area contributed by atoms with E-state index in [1.165, 1.54) is 0 Å². The number of amides is 1. The summed E-state index contributed by atoms with van der Waals surface area (Å²) in [6, 6.07) is 3.77. The predicted molar refractivity (Wildman–Crippen MR) is 45.4 cm³/mol. The molecule has 0 saturated carbocycles. The summed E-state index contributed by atoms with van der Waals surface area (Å²) in [5.41, 5.74) is 0. The van der Waals surface area contributed by atoms with Gasteiger partial charge >= 0.3 is 0 Å². The zero-order valence-corrected chi connectivity index (χ0v) is 7.39. The molecule has 0 bridgehead atoms. The highest BCUT2D eigenvalue weighted by molar-refractivity contribution is 5.77. The standard InChI is InChI=1S/C9H12N3O/c13-9-4-3-6-11(9)8-12-7-2-1-5-10-12/h1-2,5,7H,3-4,6,8H2/q+1. The average Bonchev–Trinajstić information content (AvgIpc) is 2.54. The molecule has 2 rings (SSSR count). The Labute approximate surface area is 76.8 Å². The fourth-order valence-corrected chi connectivity index (χ4v) is 1.47. The van der Waals surface area contributed by atoms with Gasteiger partial charge < -0.3 is 0 Å². The van der Waals surface area contributed by atoms with Gasteiger partial charge in [-0.15, -0.1) is 0 Å². The van der Waals surface area contributed by atoms with Crippen molar-refractivity contribution in [3.8, 4) is 0 Å². The second-order valence-corrected chi connectivity index (χ2v) is 3.14. The molecule has 1 aliphatic heterocycles. The lowest BCUT2D eigenvalue weighted by Crippen LogP contribution is -2.46. The van der Waals surface area contributed by atoms with Crippen LogP contribution in [0.1, 0.15) is 12.8 Å². The van der Waals surface area contributed by atoms with E-state index in [0.29, 0.717) is 13.1 Å². The minimum absolute atomic E-state index is 0.234. The van der Waals surface area contributed by atoms with Crippen LogP contribution < -0.4 is 4.68 Å². The number of aromatic nitrogens is 2. The van der Waals surface area contributed by atoms with Crippen molar-refractivity contribution < 1.29 is 9.48 Å². The monoisotopic (exact) mass is 178 g/mol. The van der Waals surface area contributed by atoms with Crippen LogP contribution in [-0.4, -0.2) is 22.5 Å². The van der Waals surface area contributed by atoms with E-state index < -0.39 is 0 Å². The third kappa shape index (κ3) is 1.83. The van der Waals surface area contributed by atoms with Crippen LogP contribution in [0.2, 0.25) is 0 Å². The molecule has 0 unspecified atom stereocenters. The molecule has 0 spiro atoms. The number of rotatable bonds is 2. The molecule has 1 saturated heterocycles. The molecule has 4 nitrogen and oxygen atoms in total. The highest BCUT2D eigenvalue weighted by Gasteiger charge is 2.23. The third-order valence-electron chi connectivity index (χ3n) is 2.16. The maximum absolute atomic E-state index is 11.3. The summed E-state index contributed by atoms with van der Waals surface area (Å²) in [5.74, 6) is 0.234. The van der Waals surface area contributed by atoms with Gasteiger partial charge in [-0.1, -0.05) is 4.68 Å². The van der Waals surface area contributed by atoms with E-state index in [0.717, 1.165) is 13.0 Å². The van der Waals surface area contributed by atoms with E-state index in [1.54, 1.807) is 10.9 Å². The number of hydrogen-bond donors (Lipinski definition) is 0. The third-order valence-corrected chi connectivity index (χ3v) is 2.16. The fraction of sp³-hybridized carbons (Fsp3) is 0.444. The molecule has 0 aliphatic carbocycles. The molecule has 1 aromatic rings. The Hall–Kier alpha value is -1.45. The molecule has 1 aromatic heterocycles. The summed E-state index contributed by atoms with van der Waals surface area (Å²) >= 11 is 0. The molecular weight excluding hydrogens is 166 g/mol. The van der Waals surface area contributed by atoms with Gasteiger partial charge in [0, 0.05) is 19.0 Å². The van der Waals surface area contributed by atoms with Crippen molar-refractivity contribution in [3.63, 3.8) is 0 Å². The van der Waals surface area contributed by atoms with E-state index in [4.69, 9.17) is 0 Å². The lowest BCUT2D eigenvalue weighted by Gasteiger charge is -2.08. The lowest BCUT2D eigenvalue weighted by molar-refractivity contribution is -0.767. The average molecular weight is 178 g/mol. The zero-order chi connectivity index (χ0) is 9.10. The van der Waals surface area contributed by atoms with Crippen molar-refractivity contribution in [3.05, 3.63) is 24.5 Å². The Morgan fingerprint density at radius 2 is 2.46 bits per heavy atom. The molecule has 0 N–H and O–H groups in total. The van der Waals surface area contributed by atoms with Gasteiger partial charge in [0.25, 0.3) is 6.67 Å². The molecule has 1 fully saturated rings. The normalized spacial score (nSPS) is 16.6. The maximum atomic E-state index is 11.3. The first-order valence-electron chi connectivity index (χ1n) is 4.45. The van der Waals surface area contributed by atoms with Gasteiger partial charge in [-0.2, -0.15) is 0 Å². The lowest BCUT2D eigenvalue weighted by atomic mass is 10.4. The van der Waals surface area contributed by atoms with Crippen LogP contribution in [0.4, 0.5) is 0 Å². The number of nitrogens with zero attached hydrogens (tertiary/aromatic N) is 3. The molecule has 0 atom stereocenters. The molecule has 68 valence electrons. The van der Waals surface area contributed by atoms with Crippen LogP contribution in [0.5, 0.6) is 0 Å². The van der Waals surface area contributed by atoms with Gasteiger partial charge in [-0.25, -0.2) is 0 Å². The summed E-state index contributed by atoms with van der Waals surface area (Å²) < 4.78 is 1.77. The Morgan fingerprint density at radius 1 is 1.54 bits per heavy atom. The van der Waals surface area contributed by atoms with Gasteiger partial charge in [0.2, 0.25) is 5.91 Å². The first-order chi connectivity index (χ1) is 6.36. The number of hydrogen-bond acceptors (Lipinski definition) is 2. The summed E-state index contributed by atoms with van der Waals surface area (Å²) in [7, 11) is 0. The van der Waals surface area contributed by atoms with Crippen LogP contribution in [0.15, 0.2) is 24.5 Å². The molecule has 2 heterocycles. The van der Waals surface area contributed by atoms with Gasteiger partial charge in [0.15, 0.2) is 6.20 Å². The molecule has 1 amide bonds. The predicted octanol–water partition coefficient (Wildman–Crippen LogP) is -0.0510. The number of likely N-dealkylation sites (tertiary alicyclic amines) is 1. The second-order valence-electron chi connectivity index (χ2n) is 3.14. The Kier molecular flexibility index (Phi) is 2.21. The van der Waals surface area contributed by atoms with Crippen LogP contribution in [0.3, 0.4) is 0 Å². The van der Waals surface area contributed by atoms with E-state index in [1.807, 2.05) is 23.2 Å². The largest absolute Gasteiger partial charge is 0.285 e. The van der Waals surface area contributed by atoms with Crippen molar-refractivity contribution in [2.75, 3.05) is 6.54 Å². The van der Waals surface area contributed by atoms with E-state index in [2.05, 4.69) is 5.10 Å². The highest BCUT2D eigenvalue weighted by atomic mass is 16.2. The van der Waals surface area contributed by atoms with E-state index in [-0.39, 0.29) is 5.91 Å². The highest BCUT2D eigenvalue weighted by Crippen LogP contribution is 2.07. The Balaban J connectivity index is 2.02. The zero-order valence-electron chi connectivity index (χ0n) is 7.39. The molecular formula is C9H12N3O+. The van der Waals surface area contributed by atoms with Gasteiger partial charge in [0.05, 0.1) is 6.20 Å². The van der Waals surface area contributed by atoms with Crippen molar-refractivity contribution in [1.82, 2.24) is 10.00 Å². The maximum Gasteiger partial charge on any atom is 0.252 e. The number of carbonyl (C=O) groups excluding carboxylic acids is 1. The first kappa shape index (κ1) is 8.16. The molecule has 4 heteroatoms. The van der Waals surface area contributed by atoms with E-state index in [9.17, 15) is 4.79 Å². The molecule has 1 aliphatic rings. The van der Waals surface area contributed by atoms with Crippen molar-refractivity contribution in [1.29, 1.82) is 0 Å². The topological polar surface area (TPSA) is 37.1 Å². The van der Waals surface area contributed by atoms with Crippen LogP contribution in [0, 0.1) is 0 Å². The molecule has 0 aromatic carbocycles.